The van der Waals surface area contributed by atoms with Crippen molar-refractivity contribution in [1.82, 2.24) is 0 Å². The van der Waals surface area contributed by atoms with Gasteiger partial charge in [-0.2, -0.15) is 0 Å². The number of benzene rings is 2. The van der Waals surface area contributed by atoms with Crippen LogP contribution in [0.2, 0.25) is 0 Å². The molecule has 1 unspecified atom stereocenters. The van der Waals surface area contributed by atoms with E-state index >= 15 is 0 Å². The highest BCUT2D eigenvalue weighted by Gasteiger charge is 2.17. The fraction of sp³-hybridized carbons (Fsp3) is 0.250. The van der Waals surface area contributed by atoms with Gasteiger partial charge in [-0.05, 0) is 42.3 Å². The Bertz CT molecular complexity index is 537. The zero-order valence-electron chi connectivity index (χ0n) is 11.3. The first kappa shape index (κ1) is 13.6. The largest absolute Gasteiger partial charge is 0.366 e. The molecule has 0 radical (unpaired) electrons. The zero-order chi connectivity index (χ0) is 13.8. The summed E-state index contributed by atoms with van der Waals surface area (Å²) in [5.74, 6) is -0.225. The molecule has 2 rings (SSSR count). The first-order valence-electron chi connectivity index (χ1n) is 6.37. The highest BCUT2D eigenvalue weighted by molar-refractivity contribution is 5.49. The van der Waals surface area contributed by atoms with E-state index in [1.54, 1.807) is 12.1 Å². The van der Waals surface area contributed by atoms with E-state index in [9.17, 15) is 4.39 Å². The van der Waals surface area contributed by atoms with Gasteiger partial charge in [0.05, 0.1) is 6.04 Å². The summed E-state index contributed by atoms with van der Waals surface area (Å²) >= 11 is 0. The van der Waals surface area contributed by atoms with Crippen LogP contribution in [0.15, 0.2) is 48.5 Å². The molecule has 0 spiro atoms. The van der Waals surface area contributed by atoms with E-state index < -0.39 is 0 Å². The molecule has 0 bridgehead atoms. The van der Waals surface area contributed by atoms with Crippen molar-refractivity contribution in [2.24, 2.45) is 5.73 Å². The molecule has 2 N–H and O–H groups in total. The Kier molecular flexibility index (Phi) is 4.17. The Morgan fingerprint density at radius 1 is 1.11 bits per heavy atom. The van der Waals surface area contributed by atoms with Crippen LogP contribution in [0.1, 0.15) is 17.2 Å². The van der Waals surface area contributed by atoms with Gasteiger partial charge in [-0.15, -0.1) is 0 Å². The van der Waals surface area contributed by atoms with Crippen LogP contribution in [-0.2, 0) is 0 Å². The summed E-state index contributed by atoms with van der Waals surface area (Å²) in [4.78, 5) is 2.09. The van der Waals surface area contributed by atoms with Crippen LogP contribution in [0.5, 0.6) is 0 Å². The molecule has 0 aromatic heterocycles. The van der Waals surface area contributed by atoms with Gasteiger partial charge in [0.2, 0.25) is 0 Å². The van der Waals surface area contributed by atoms with Gasteiger partial charge >= 0.3 is 0 Å². The second kappa shape index (κ2) is 5.85. The minimum Gasteiger partial charge on any atom is -0.366 e. The van der Waals surface area contributed by atoms with Crippen molar-refractivity contribution >= 4 is 5.69 Å². The first-order chi connectivity index (χ1) is 9.13. The molecule has 0 heterocycles. The third kappa shape index (κ3) is 2.93. The number of nitrogens with two attached hydrogens (primary N) is 1. The van der Waals surface area contributed by atoms with Crippen LogP contribution in [0.4, 0.5) is 10.1 Å². The van der Waals surface area contributed by atoms with Crippen molar-refractivity contribution in [3.63, 3.8) is 0 Å². The van der Waals surface area contributed by atoms with Gasteiger partial charge in [-0.25, -0.2) is 4.39 Å². The molecule has 100 valence electrons. The highest BCUT2D eigenvalue weighted by atomic mass is 19.1. The molecule has 0 aliphatic rings. The zero-order valence-corrected chi connectivity index (χ0v) is 11.3. The SMILES string of the molecule is Cc1ccccc1C(CN)N(C)c1ccc(F)cc1. The van der Waals surface area contributed by atoms with Crippen LogP contribution in [0.25, 0.3) is 0 Å². The molecule has 0 aliphatic heterocycles. The van der Waals surface area contributed by atoms with Gasteiger partial charge < -0.3 is 10.6 Å². The Balaban J connectivity index is 2.32. The third-order valence-electron chi connectivity index (χ3n) is 3.47. The third-order valence-corrected chi connectivity index (χ3v) is 3.47. The lowest BCUT2D eigenvalue weighted by Crippen LogP contribution is -2.30. The molecule has 0 aliphatic carbocycles. The van der Waals surface area contributed by atoms with Gasteiger partial charge in [0.1, 0.15) is 5.82 Å². The van der Waals surface area contributed by atoms with E-state index in [1.807, 2.05) is 19.2 Å². The fourth-order valence-corrected chi connectivity index (χ4v) is 2.31. The van der Waals surface area contributed by atoms with Crippen LogP contribution >= 0.6 is 0 Å². The molecular formula is C16H19FN2. The van der Waals surface area contributed by atoms with Gasteiger partial charge in [0.25, 0.3) is 0 Å². The van der Waals surface area contributed by atoms with Crippen LogP contribution in [0, 0.1) is 12.7 Å². The van der Waals surface area contributed by atoms with Gasteiger partial charge in [0.15, 0.2) is 0 Å². The van der Waals surface area contributed by atoms with Gasteiger partial charge in [0, 0.05) is 19.3 Å². The lowest BCUT2D eigenvalue weighted by molar-refractivity contribution is 0.626. The quantitative estimate of drug-likeness (QED) is 0.912. The summed E-state index contributed by atoms with van der Waals surface area (Å²) in [7, 11) is 1.98. The normalized spacial score (nSPS) is 12.2. The highest BCUT2D eigenvalue weighted by Crippen LogP contribution is 2.26. The predicted molar refractivity (Wildman–Crippen MR) is 77.8 cm³/mol. The summed E-state index contributed by atoms with van der Waals surface area (Å²) < 4.78 is 13.0. The maximum Gasteiger partial charge on any atom is 0.123 e. The van der Waals surface area contributed by atoms with E-state index in [1.165, 1.54) is 23.3 Å². The summed E-state index contributed by atoms with van der Waals surface area (Å²) in [6.07, 6.45) is 0. The fourth-order valence-electron chi connectivity index (χ4n) is 2.31. The van der Waals surface area contributed by atoms with Crippen molar-refractivity contribution in [3.8, 4) is 0 Å². The van der Waals surface area contributed by atoms with Crippen molar-refractivity contribution < 1.29 is 4.39 Å². The molecule has 2 aromatic rings. The molecular weight excluding hydrogens is 239 g/mol. The van der Waals surface area contributed by atoms with Gasteiger partial charge in [-0.3, -0.25) is 0 Å². The van der Waals surface area contributed by atoms with Crippen molar-refractivity contribution in [2.75, 3.05) is 18.5 Å². The number of rotatable bonds is 4. The smallest absolute Gasteiger partial charge is 0.123 e. The molecule has 0 saturated heterocycles. The molecule has 0 amide bonds. The first-order valence-corrected chi connectivity index (χ1v) is 6.37. The molecule has 1 atom stereocenters. The maximum absolute atomic E-state index is 13.0. The molecule has 3 heteroatoms. The average Bonchev–Trinajstić information content (AvgIpc) is 2.42. The monoisotopic (exact) mass is 258 g/mol. The molecule has 0 fully saturated rings. The van der Waals surface area contributed by atoms with Crippen molar-refractivity contribution in [2.45, 2.75) is 13.0 Å². The van der Waals surface area contributed by atoms with Crippen LogP contribution < -0.4 is 10.6 Å². The Labute approximate surface area is 113 Å². The minimum absolute atomic E-state index is 0.0895. The molecule has 0 saturated carbocycles. The van der Waals surface area contributed by atoms with E-state index in [-0.39, 0.29) is 11.9 Å². The number of likely N-dealkylation sites (N-methyl/N-ethyl adjacent to an activating group) is 1. The van der Waals surface area contributed by atoms with Crippen LogP contribution in [0.3, 0.4) is 0 Å². The van der Waals surface area contributed by atoms with Crippen molar-refractivity contribution in [3.05, 3.63) is 65.5 Å². The second-order valence-corrected chi connectivity index (χ2v) is 4.70. The maximum atomic E-state index is 13.0. The lowest BCUT2D eigenvalue weighted by atomic mass is 10.00. The summed E-state index contributed by atoms with van der Waals surface area (Å²) in [6, 6.07) is 14.8. The van der Waals surface area contributed by atoms with E-state index in [2.05, 4.69) is 24.0 Å². The lowest BCUT2D eigenvalue weighted by Gasteiger charge is -2.30. The molecule has 2 nitrogen and oxygen atoms in total. The van der Waals surface area contributed by atoms with Gasteiger partial charge in [-0.1, -0.05) is 24.3 Å². The molecule has 2 aromatic carbocycles. The Hall–Kier alpha value is -1.87. The number of halogens is 1. The summed E-state index contributed by atoms with van der Waals surface area (Å²) in [6.45, 7) is 2.59. The second-order valence-electron chi connectivity index (χ2n) is 4.70. The number of aryl methyl sites for hydroxylation is 1. The van der Waals surface area contributed by atoms with E-state index in [0.717, 1.165) is 5.69 Å². The standard InChI is InChI=1S/C16H19FN2/c1-12-5-3-4-6-15(12)16(11-18)19(2)14-9-7-13(17)8-10-14/h3-10,16H,11,18H2,1-2H3. The van der Waals surface area contributed by atoms with E-state index in [0.29, 0.717) is 6.54 Å². The topological polar surface area (TPSA) is 29.3 Å². The average molecular weight is 258 g/mol. The minimum atomic E-state index is -0.225. The Morgan fingerprint density at radius 3 is 2.32 bits per heavy atom. The number of hydrogen-bond donors (Lipinski definition) is 1. The predicted octanol–water partition coefficient (Wildman–Crippen LogP) is 3.27. The summed E-state index contributed by atoms with van der Waals surface area (Å²) in [5, 5.41) is 0. The van der Waals surface area contributed by atoms with Crippen molar-refractivity contribution in [1.29, 1.82) is 0 Å². The Morgan fingerprint density at radius 2 is 1.74 bits per heavy atom. The number of nitrogens with zero attached hydrogens (tertiary/aromatic N) is 1. The number of anilines is 1. The van der Waals surface area contributed by atoms with E-state index in [4.69, 9.17) is 5.73 Å². The molecule has 19 heavy (non-hydrogen) atoms. The van der Waals surface area contributed by atoms with Crippen LogP contribution in [-0.4, -0.2) is 13.6 Å². The summed E-state index contributed by atoms with van der Waals surface area (Å²) in [5.41, 5.74) is 9.30. The number of hydrogen-bond acceptors (Lipinski definition) is 2.